The molecule has 1 atom stereocenters. The summed E-state index contributed by atoms with van der Waals surface area (Å²) in [5.74, 6) is -3.42. The zero-order valence-corrected chi connectivity index (χ0v) is 15.2. The van der Waals surface area contributed by atoms with Crippen LogP contribution in [-0.2, 0) is 14.8 Å². The fourth-order valence-electron chi connectivity index (χ4n) is 2.72. The van der Waals surface area contributed by atoms with E-state index in [9.17, 15) is 31.2 Å². The molecule has 148 valence electrons. The van der Waals surface area contributed by atoms with E-state index in [-0.39, 0.29) is 15.6 Å². The predicted molar refractivity (Wildman–Crippen MR) is 92.2 cm³/mol. The molecule has 0 radical (unpaired) electrons. The Morgan fingerprint density at radius 1 is 1.14 bits per heavy atom. The minimum atomic E-state index is -4.47. The quantitative estimate of drug-likeness (QED) is 0.805. The number of rotatable bonds is 4. The Morgan fingerprint density at radius 3 is 2.46 bits per heavy atom. The highest BCUT2D eigenvalue weighted by atomic mass is 32.2. The van der Waals surface area contributed by atoms with E-state index >= 15 is 0 Å². The summed E-state index contributed by atoms with van der Waals surface area (Å²) >= 11 is 0. The molecule has 0 bridgehead atoms. The third-order valence-electron chi connectivity index (χ3n) is 4.07. The van der Waals surface area contributed by atoms with Crippen LogP contribution in [0.5, 0.6) is 0 Å². The number of nitrogens with one attached hydrogen (secondary N) is 2. The van der Waals surface area contributed by atoms with Crippen molar-refractivity contribution < 1.29 is 31.2 Å². The molecule has 0 spiro atoms. The number of fused-ring (bicyclic) bond motifs is 1. The molecule has 0 saturated heterocycles. The van der Waals surface area contributed by atoms with Crippen LogP contribution in [0.1, 0.15) is 18.5 Å². The van der Waals surface area contributed by atoms with E-state index in [0.717, 1.165) is 30.3 Å². The molecule has 0 aromatic heterocycles. The Labute approximate surface area is 158 Å². The van der Waals surface area contributed by atoms with Crippen molar-refractivity contribution in [1.29, 1.82) is 0 Å². The van der Waals surface area contributed by atoms with Crippen molar-refractivity contribution in [3.8, 4) is 0 Å². The number of anilines is 1. The number of hydrogen-bond acceptors (Lipinski definition) is 4. The summed E-state index contributed by atoms with van der Waals surface area (Å²) in [5.41, 5.74) is -0.127. The normalized spacial score (nSPS) is 16.1. The lowest BCUT2D eigenvalue weighted by atomic mass is 10.1. The average molecular weight is 413 g/mol. The molecule has 0 fully saturated rings. The van der Waals surface area contributed by atoms with Gasteiger partial charge < -0.3 is 10.6 Å². The lowest BCUT2D eigenvalue weighted by Gasteiger charge is -2.28. The highest BCUT2D eigenvalue weighted by molar-refractivity contribution is 7.90. The lowest BCUT2D eigenvalue weighted by Crippen LogP contribution is -2.49. The molecule has 1 aliphatic heterocycles. The van der Waals surface area contributed by atoms with Gasteiger partial charge in [0.15, 0.2) is 0 Å². The molecule has 2 N–H and O–H groups in total. The summed E-state index contributed by atoms with van der Waals surface area (Å²) in [6, 6.07) is 3.58. The fraction of sp³-hybridized carbons (Fsp3) is 0.176. The Balaban J connectivity index is 1.79. The molecule has 7 nitrogen and oxygen atoms in total. The number of nitrogens with zero attached hydrogens (tertiary/aromatic N) is 1. The molecule has 0 aliphatic carbocycles. The van der Waals surface area contributed by atoms with Crippen LogP contribution in [0.3, 0.4) is 0 Å². The van der Waals surface area contributed by atoms with Crippen molar-refractivity contribution in [1.82, 2.24) is 9.62 Å². The average Bonchev–Trinajstić information content (AvgIpc) is 2.59. The van der Waals surface area contributed by atoms with Crippen LogP contribution < -0.4 is 10.6 Å². The van der Waals surface area contributed by atoms with Crippen molar-refractivity contribution >= 4 is 27.6 Å². The van der Waals surface area contributed by atoms with Gasteiger partial charge in [0.2, 0.25) is 5.91 Å². The van der Waals surface area contributed by atoms with Gasteiger partial charge in [-0.25, -0.2) is 30.7 Å². The van der Waals surface area contributed by atoms with Crippen molar-refractivity contribution in [2.75, 3.05) is 11.9 Å². The SMILES string of the molecule is C[C@H](NC(=O)CN1C(=O)Nc2ccc(F)cc2S1(=O)=O)c1ccc(F)cc1F. The van der Waals surface area contributed by atoms with Crippen LogP contribution in [0.25, 0.3) is 0 Å². The van der Waals surface area contributed by atoms with Gasteiger partial charge in [0, 0.05) is 11.6 Å². The maximum atomic E-state index is 13.8. The zero-order valence-electron chi connectivity index (χ0n) is 14.4. The zero-order chi connectivity index (χ0) is 20.6. The summed E-state index contributed by atoms with van der Waals surface area (Å²) < 4.78 is 65.6. The largest absolute Gasteiger partial charge is 0.348 e. The number of carbonyl (C=O) groups is 2. The summed E-state index contributed by atoms with van der Waals surface area (Å²) in [6.45, 7) is 0.501. The summed E-state index contributed by atoms with van der Waals surface area (Å²) in [6.07, 6.45) is 0. The maximum absolute atomic E-state index is 13.8. The molecule has 0 saturated carbocycles. The van der Waals surface area contributed by atoms with E-state index < -0.39 is 56.9 Å². The topological polar surface area (TPSA) is 95.6 Å². The van der Waals surface area contributed by atoms with Gasteiger partial charge in [-0.05, 0) is 31.2 Å². The standard InChI is InChI=1S/C17H14F3N3O4S/c1-9(12-4-2-10(18)6-13(12)20)21-16(24)8-23-17(25)22-14-5-3-11(19)7-15(14)28(23,26)27/h2-7,9H,8H2,1H3,(H,21,24)(H,22,25)/t9-/m0/s1. The minimum Gasteiger partial charge on any atom is -0.348 e. The molecule has 3 rings (SSSR count). The fourth-order valence-corrected chi connectivity index (χ4v) is 4.17. The van der Waals surface area contributed by atoms with E-state index in [1.165, 1.54) is 6.92 Å². The number of amides is 3. The molecular weight excluding hydrogens is 399 g/mol. The first-order valence-corrected chi connectivity index (χ1v) is 9.41. The Hall–Kier alpha value is -3.08. The Kier molecular flexibility index (Phi) is 5.02. The third-order valence-corrected chi connectivity index (χ3v) is 5.84. The Bertz CT molecular complexity index is 1080. The summed E-state index contributed by atoms with van der Waals surface area (Å²) in [4.78, 5) is 23.8. The molecule has 0 unspecified atom stereocenters. The first-order chi connectivity index (χ1) is 13.1. The van der Waals surface area contributed by atoms with Gasteiger partial charge in [0.25, 0.3) is 10.0 Å². The minimum absolute atomic E-state index is 0.0203. The maximum Gasteiger partial charge on any atom is 0.336 e. The third kappa shape index (κ3) is 3.65. The predicted octanol–water partition coefficient (Wildman–Crippen LogP) is 2.52. The highest BCUT2D eigenvalue weighted by Gasteiger charge is 2.38. The van der Waals surface area contributed by atoms with Gasteiger partial charge in [-0.15, -0.1) is 0 Å². The van der Waals surface area contributed by atoms with E-state index in [1.807, 2.05) is 0 Å². The van der Waals surface area contributed by atoms with Crippen LogP contribution >= 0.6 is 0 Å². The van der Waals surface area contributed by atoms with Crippen LogP contribution in [0, 0.1) is 17.5 Å². The van der Waals surface area contributed by atoms with Crippen molar-refractivity contribution in [2.24, 2.45) is 0 Å². The van der Waals surface area contributed by atoms with E-state index in [0.29, 0.717) is 6.07 Å². The monoisotopic (exact) mass is 413 g/mol. The van der Waals surface area contributed by atoms with E-state index in [1.54, 1.807) is 0 Å². The van der Waals surface area contributed by atoms with Gasteiger partial charge >= 0.3 is 6.03 Å². The summed E-state index contributed by atoms with van der Waals surface area (Å²) in [7, 11) is -4.47. The molecule has 2 aromatic rings. The number of benzene rings is 2. The second-order valence-electron chi connectivity index (χ2n) is 6.04. The molecule has 11 heteroatoms. The second-order valence-corrected chi connectivity index (χ2v) is 7.87. The van der Waals surface area contributed by atoms with Gasteiger partial charge in [0.05, 0.1) is 11.7 Å². The molecule has 3 amide bonds. The van der Waals surface area contributed by atoms with Gasteiger partial charge in [0.1, 0.15) is 28.9 Å². The number of urea groups is 1. The van der Waals surface area contributed by atoms with Crippen molar-refractivity contribution in [3.63, 3.8) is 0 Å². The molecule has 2 aromatic carbocycles. The molecule has 1 aliphatic rings. The molecular formula is C17H14F3N3O4S. The van der Waals surface area contributed by atoms with Crippen LogP contribution in [-0.4, -0.2) is 31.2 Å². The lowest BCUT2D eigenvalue weighted by molar-refractivity contribution is -0.121. The number of halogens is 3. The van der Waals surface area contributed by atoms with Gasteiger partial charge in [-0.2, -0.15) is 0 Å². The first-order valence-electron chi connectivity index (χ1n) is 7.97. The van der Waals surface area contributed by atoms with Crippen LogP contribution in [0.2, 0.25) is 0 Å². The molecule has 1 heterocycles. The molecule has 28 heavy (non-hydrogen) atoms. The van der Waals surface area contributed by atoms with Crippen LogP contribution in [0.15, 0.2) is 41.3 Å². The van der Waals surface area contributed by atoms with Gasteiger partial charge in [-0.1, -0.05) is 6.07 Å². The second kappa shape index (κ2) is 7.15. The first kappa shape index (κ1) is 19.7. The smallest absolute Gasteiger partial charge is 0.336 e. The van der Waals surface area contributed by atoms with E-state index in [4.69, 9.17) is 0 Å². The Morgan fingerprint density at radius 2 is 1.79 bits per heavy atom. The van der Waals surface area contributed by atoms with Gasteiger partial charge in [-0.3, -0.25) is 4.79 Å². The van der Waals surface area contributed by atoms with Crippen LogP contribution in [0.4, 0.5) is 23.7 Å². The van der Waals surface area contributed by atoms with Crippen molar-refractivity contribution in [2.45, 2.75) is 17.9 Å². The summed E-state index contributed by atoms with van der Waals surface area (Å²) in [5, 5.41) is 4.59. The number of hydrogen-bond donors (Lipinski definition) is 2. The van der Waals surface area contributed by atoms with E-state index in [2.05, 4.69) is 10.6 Å². The van der Waals surface area contributed by atoms with Crippen molar-refractivity contribution in [3.05, 3.63) is 59.4 Å². The number of sulfonamides is 1. The highest BCUT2D eigenvalue weighted by Crippen LogP contribution is 2.30. The number of carbonyl (C=O) groups excluding carboxylic acids is 2.